The highest BCUT2D eigenvalue weighted by Gasteiger charge is 2.51. The Morgan fingerprint density at radius 1 is 1.28 bits per heavy atom. The maximum atomic E-state index is 12.6. The second-order valence-electron chi connectivity index (χ2n) is 6.53. The van der Waals surface area contributed by atoms with E-state index in [1.165, 1.54) is 24.3 Å². The molecule has 2 N–H and O–H groups in total. The first kappa shape index (κ1) is 17.1. The van der Waals surface area contributed by atoms with Gasteiger partial charge in [0.25, 0.3) is 5.69 Å². The van der Waals surface area contributed by atoms with Crippen molar-refractivity contribution in [2.75, 3.05) is 6.54 Å². The first-order valence-corrected chi connectivity index (χ1v) is 8.20. The summed E-state index contributed by atoms with van der Waals surface area (Å²) in [6, 6.07) is 13.6. The molecule has 1 aliphatic carbocycles. The molecule has 0 radical (unpaired) electrons. The van der Waals surface area contributed by atoms with Gasteiger partial charge in [0.15, 0.2) is 0 Å². The zero-order chi connectivity index (χ0) is 18.0. The first-order chi connectivity index (χ1) is 11.9. The number of hydrogen-bond donors (Lipinski definition) is 2. The summed E-state index contributed by atoms with van der Waals surface area (Å²) in [5.41, 5.74) is 2.14. The third-order valence-electron chi connectivity index (χ3n) is 4.70. The van der Waals surface area contributed by atoms with Crippen molar-refractivity contribution in [3.8, 4) is 0 Å². The number of aryl methyl sites for hydroxylation is 1. The van der Waals surface area contributed by atoms with E-state index in [9.17, 15) is 20.0 Å². The summed E-state index contributed by atoms with van der Waals surface area (Å²) in [4.78, 5) is 22.8. The summed E-state index contributed by atoms with van der Waals surface area (Å²) < 4.78 is 0. The molecule has 2 aromatic carbocycles. The van der Waals surface area contributed by atoms with Crippen LogP contribution in [-0.4, -0.2) is 22.5 Å². The Bertz CT molecular complexity index is 797. The van der Waals surface area contributed by atoms with Crippen molar-refractivity contribution < 1.29 is 14.8 Å². The van der Waals surface area contributed by atoms with Gasteiger partial charge in [-0.2, -0.15) is 0 Å². The van der Waals surface area contributed by atoms with Gasteiger partial charge in [-0.25, -0.2) is 0 Å². The average Bonchev–Trinajstić information content (AvgIpc) is 3.41. The van der Waals surface area contributed by atoms with Gasteiger partial charge in [0.1, 0.15) is 0 Å². The Balaban J connectivity index is 1.63. The molecule has 0 aromatic heterocycles. The van der Waals surface area contributed by atoms with Crippen LogP contribution in [0.4, 0.5) is 5.69 Å². The number of carbonyl (C=O) groups excluding carboxylic acids is 1. The van der Waals surface area contributed by atoms with Crippen LogP contribution in [0.3, 0.4) is 0 Å². The monoisotopic (exact) mass is 340 g/mol. The number of aliphatic hydroxyl groups excluding tert-OH is 1. The van der Waals surface area contributed by atoms with Crippen molar-refractivity contribution in [1.29, 1.82) is 0 Å². The summed E-state index contributed by atoms with van der Waals surface area (Å²) in [5.74, 6) is -0.0842. The largest absolute Gasteiger partial charge is 0.387 e. The number of rotatable bonds is 6. The topological polar surface area (TPSA) is 92.5 Å². The standard InChI is InChI=1S/C19H20N2O4/c1-13-3-2-4-15(11-13)19(9-10-19)18(23)20-12-17(22)14-5-7-16(8-6-14)21(24)25/h2-8,11,17,22H,9-10,12H2,1H3,(H,20,23). The second-order valence-corrected chi connectivity index (χ2v) is 6.53. The third kappa shape index (κ3) is 3.53. The lowest BCUT2D eigenvalue weighted by molar-refractivity contribution is -0.384. The molecule has 0 spiro atoms. The number of carbonyl (C=O) groups is 1. The van der Waals surface area contributed by atoms with Crippen LogP contribution in [0.25, 0.3) is 0 Å². The van der Waals surface area contributed by atoms with Crippen LogP contribution in [0.2, 0.25) is 0 Å². The van der Waals surface area contributed by atoms with E-state index in [2.05, 4.69) is 5.32 Å². The lowest BCUT2D eigenvalue weighted by Gasteiger charge is -2.18. The fourth-order valence-electron chi connectivity index (χ4n) is 3.01. The van der Waals surface area contributed by atoms with Crippen LogP contribution in [-0.2, 0) is 10.2 Å². The van der Waals surface area contributed by atoms with E-state index < -0.39 is 16.4 Å². The van der Waals surface area contributed by atoms with Gasteiger partial charge in [-0.15, -0.1) is 0 Å². The highest BCUT2D eigenvalue weighted by Crippen LogP contribution is 2.48. The molecule has 3 rings (SSSR count). The van der Waals surface area contributed by atoms with Crippen molar-refractivity contribution in [3.63, 3.8) is 0 Å². The van der Waals surface area contributed by atoms with E-state index in [-0.39, 0.29) is 18.1 Å². The van der Waals surface area contributed by atoms with Gasteiger partial charge in [-0.3, -0.25) is 14.9 Å². The molecule has 1 amide bonds. The molecule has 6 heteroatoms. The molecule has 0 saturated heterocycles. The minimum Gasteiger partial charge on any atom is -0.387 e. The smallest absolute Gasteiger partial charge is 0.269 e. The normalized spacial score (nSPS) is 16.1. The van der Waals surface area contributed by atoms with Crippen LogP contribution >= 0.6 is 0 Å². The lowest BCUT2D eigenvalue weighted by atomic mass is 9.93. The van der Waals surface area contributed by atoms with Crippen LogP contribution in [0, 0.1) is 17.0 Å². The van der Waals surface area contributed by atoms with Crippen molar-refractivity contribution in [3.05, 3.63) is 75.3 Å². The van der Waals surface area contributed by atoms with Gasteiger partial charge in [0.05, 0.1) is 16.4 Å². The Morgan fingerprint density at radius 3 is 2.52 bits per heavy atom. The molecule has 1 aliphatic rings. The molecule has 1 unspecified atom stereocenters. The maximum absolute atomic E-state index is 12.6. The Kier molecular flexibility index (Phi) is 4.55. The van der Waals surface area contributed by atoms with E-state index in [0.717, 1.165) is 24.0 Å². The summed E-state index contributed by atoms with van der Waals surface area (Å²) >= 11 is 0. The van der Waals surface area contributed by atoms with Crippen LogP contribution in [0.1, 0.15) is 35.6 Å². The molecule has 6 nitrogen and oxygen atoms in total. The van der Waals surface area contributed by atoms with Crippen LogP contribution < -0.4 is 5.32 Å². The predicted molar refractivity (Wildman–Crippen MR) is 93.2 cm³/mol. The number of non-ortho nitro benzene ring substituents is 1. The fourth-order valence-corrected chi connectivity index (χ4v) is 3.01. The molecule has 2 aromatic rings. The van der Waals surface area contributed by atoms with E-state index in [1.54, 1.807) is 0 Å². The predicted octanol–water partition coefficient (Wildman–Crippen LogP) is 2.78. The molecule has 0 bridgehead atoms. The van der Waals surface area contributed by atoms with Gasteiger partial charge in [-0.05, 0) is 43.0 Å². The van der Waals surface area contributed by atoms with Gasteiger partial charge < -0.3 is 10.4 Å². The molecule has 1 saturated carbocycles. The SMILES string of the molecule is Cc1cccc(C2(C(=O)NCC(O)c3ccc([N+](=O)[O-])cc3)CC2)c1. The van der Waals surface area contributed by atoms with Gasteiger partial charge >= 0.3 is 0 Å². The van der Waals surface area contributed by atoms with E-state index in [4.69, 9.17) is 0 Å². The summed E-state index contributed by atoms with van der Waals surface area (Å²) in [7, 11) is 0. The molecular weight excluding hydrogens is 320 g/mol. The molecule has 0 heterocycles. The highest BCUT2D eigenvalue weighted by molar-refractivity contribution is 5.91. The highest BCUT2D eigenvalue weighted by atomic mass is 16.6. The Labute approximate surface area is 145 Å². The molecule has 1 atom stereocenters. The summed E-state index contributed by atoms with van der Waals surface area (Å²) in [5, 5.41) is 23.7. The first-order valence-electron chi connectivity index (χ1n) is 8.20. The number of nitrogens with zero attached hydrogens (tertiary/aromatic N) is 1. The maximum Gasteiger partial charge on any atom is 0.269 e. The average molecular weight is 340 g/mol. The quantitative estimate of drug-likeness (QED) is 0.625. The van der Waals surface area contributed by atoms with E-state index in [1.807, 2.05) is 31.2 Å². The zero-order valence-electron chi connectivity index (χ0n) is 13.9. The summed E-state index contributed by atoms with van der Waals surface area (Å²) in [6.07, 6.45) is 0.698. The fraction of sp³-hybridized carbons (Fsp3) is 0.316. The lowest BCUT2D eigenvalue weighted by Crippen LogP contribution is -2.37. The number of nitro benzene ring substituents is 1. The third-order valence-corrected chi connectivity index (χ3v) is 4.70. The second kappa shape index (κ2) is 6.64. The number of nitro groups is 1. The van der Waals surface area contributed by atoms with Gasteiger partial charge in [0, 0.05) is 18.7 Å². The van der Waals surface area contributed by atoms with Crippen LogP contribution in [0.5, 0.6) is 0 Å². The van der Waals surface area contributed by atoms with Crippen molar-refractivity contribution in [2.45, 2.75) is 31.3 Å². The van der Waals surface area contributed by atoms with E-state index >= 15 is 0 Å². The van der Waals surface area contributed by atoms with Crippen molar-refractivity contribution >= 4 is 11.6 Å². The summed E-state index contributed by atoms with van der Waals surface area (Å²) in [6.45, 7) is 2.07. The number of benzene rings is 2. The minimum atomic E-state index is -0.905. The number of amides is 1. The molecule has 130 valence electrons. The Morgan fingerprint density at radius 2 is 1.96 bits per heavy atom. The van der Waals surface area contributed by atoms with Crippen molar-refractivity contribution in [1.82, 2.24) is 5.32 Å². The zero-order valence-corrected chi connectivity index (χ0v) is 13.9. The number of aliphatic hydroxyl groups is 1. The van der Waals surface area contributed by atoms with E-state index in [0.29, 0.717) is 5.56 Å². The van der Waals surface area contributed by atoms with Gasteiger partial charge in [0.2, 0.25) is 5.91 Å². The molecular formula is C19H20N2O4. The van der Waals surface area contributed by atoms with Crippen LogP contribution in [0.15, 0.2) is 48.5 Å². The molecule has 25 heavy (non-hydrogen) atoms. The Hall–Kier alpha value is -2.73. The molecule has 0 aliphatic heterocycles. The number of nitrogens with one attached hydrogen (secondary N) is 1. The van der Waals surface area contributed by atoms with Gasteiger partial charge in [-0.1, -0.05) is 29.8 Å². The minimum absolute atomic E-state index is 0.0311. The number of hydrogen-bond acceptors (Lipinski definition) is 4. The molecule has 1 fully saturated rings. The van der Waals surface area contributed by atoms with Crippen molar-refractivity contribution in [2.24, 2.45) is 0 Å².